The van der Waals surface area contributed by atoms with Gasteiger partial charge in [-0.1, -0.05) is 18.2 Å². The van der Waals surface area contributed by atoms with Gasteiger partial charge in [0.2, 0.25) is 0 Å². The zero-order valence-electron chi connectivity index (χ0n) is 13.9. The average molecular weight is 373 g/mol. The Kier molecular flexibility index (Phi) is 4.10. The Hall–Kier alpha value is -3.29. The molecule has 5 nitrogen and oxygen atoms in total. The summed E-state index contributed by atoms with van der Waals surface area (Å²) in [5.41, 5.74) is 0.753. The molecule has 0 unspecified atom stereocenters. The van der Waals surface area contributed by atoms with E-state index in [1.54, 1.807) is 6.07 Å². The number of urea groups is 1. The summed E-state index contributed by atoms with van der Waals surface area (Å²) in [4.78, 5) is 26.1. The number of nitrogens with zero attached hydrogens (tertiary/aromatic N) is 1. The molecule has 2 heterocycles. The average Bonchev–Trinajstić information content (AvgIpc) is 2.93. The molecule has 0 saturated carbocycles. The zero-order valence-corrected chi connectivity index (χ0v) is 13.9. The number of hydrogen-bond donors (Lipinski definition) is 2. The van der Waals surface area contributed by atoms with Gasteiger partial charge >= 0.3 is 6.03 Å². The minimum Gasteiger partial charge on any atom is -0.328 e. The SMILES string of the molecule is O=C1NC2=C(C(=O)N(Cc3c(F)cccc3F)C2)[C@H](c2cccc(F)c2)N1. The molecule has 0 bridgehead atoms. The molecular formula is C19H14F3N3O2. The molecule has 2 aliphatic heterocycles. The summed E-state index contributed by atoms with van der Waals surface area (Å²) in [5.74, 6) is -2.49. The van der Waals surface area contributed by atoms with E-state index in [-0.39, 0.29) is 24.2 Å². The van der Waals surface area contributed by atoms with Crippen LogP contribution in [0.5, 0.6) is 0 Å². The van der Waals surface area contributed by atoms with Crippen molar-refractivity contribution in [3.05, 3.63) is 82.3 Å². The first-order valence-electron chi connectivity index (χ1n) is 8.22. The highest BCUT2D eigenvalue weighted by atomic mass is 19.1. The molecule has 2 aliphatic rings. The van der Waals surface area contributed by atoms with Crippen molar-refractivity contribution in [3.63, 3.8) is 0 Å². The van der Waals surface area contributed by atoms with E-state index in [1.165, 1.54) is 29.2 Å². The van der Waals surface area contributed by atoms with Crippen molar-refractivity contribution in [2.45, 2.75) is 12.6 Å². The van der Waals surface area contributed by atoms with Crippen molar-refractivity contribution in [2.24, 2.45) is 0 Å². The molecule has 0 saturated heterocycles. The Morgan fingerprint density at radius 2 is 1.74 bits per heavy atom. The van der Waals surface area contributed by atoms with Crippen molar-refractivity contribution in [1.29, 1.82) is 0 Å². The molecule has 2 N–H and O–H groups in total. The summed E-state index contributed by atoms with van der Waals surface area (Å²) in [6, 6.07) is 7.66. The van der Waals surface area contributed by atoms with Gasteiger partial charge in [-0.25, -0.2) is 18.0 Å². The lowest BCUT2D eigenvalue weighted by atomic mass is 9.96. The first-order chi connectivity index (χ1) is 12.9. The van der Waals surface area contributed by atoms with Crippen LogP contribution >= 0.6 is 0 Å². The number of rotatable bonds is 3. The van der Waals surface area contributed by atoms with Crippen LogP contribution in [0, 0.1) is 17.5 Å². The second kappa shape index (κ2) is 6.46. The number of halogens is 3. The number of carbonyl (C=O) groups excluding carboxylic acids is 2. The molecule has 8 heteroatoms. The van der Waals surface area contributed by atoms with Crippen molar-refractivity contribution < 1.29 is 22.8 Å². The molecule has 0 spiro atoms. The lowest BCUT2D eigenvalue weighted by Crippen LogP contribution is -2.44. The quantitative estimate of drug-likeness (QED) is 0.869. The smallest absolute Gasteiger partial charge is 0.319 e. The third-order valence-electron chi connectivity index (χ3n) is 4.61. The maximum atomic E-state index is 13.9. The molecule has 0 fully saturated rings. The summed E-state index contributed by atoms with van der Waals surface area (Å²) < 4.78 is 41.5. The zero-order chi connectivity index (χ0) is 19.1. The predicted octanol–water partition coefficient (Wildman–Crippen LogP) is 2.75. The lowest BCUT2D eigenvalue weighted by molar-refractivity contribution is -0.126. The fourth-order valence-electron chi connectivity index (χ4n) is 3.37. The Balaban J connectivity index is 1.66. The van der Waals surface area contributed by atoms with Crippen LogP contribution in [0.2, 0.25) is 0 Å². The largest absolute Gasteiger partial charge is 0.328 e. The highest BCUT2D eigenvalue weighted by Crippen LogP contribution is 2.33. The van der Waals surface area contributed by atoms with Crippen molar-refractivity contribution in [1.82, 2.24) is 15.5 Å². The van der Waals surface area contributed by atoms with Gasteiger partial charge < -0.3 is 15.5 Å². The normalized spacial score (nSPS) is 19.1. The molecular weight excluding hydrogens is 359 g/mol. The molecule has 27 heavy (non-hydrogen) atoms. The Morgan fingerprint density at radius 1 is 1.04 bits per heavy atom. The van der Waals surface area contributed by atoms with E-state index in [2.05, 4.69) is 10.6 Å². The molecule has 0 aromatic heterocycles. The van der Waals surface area contributed by atoms with Crippen molar-refractivity contribution >= 4 is 11.9 Å². The van der Waals surface area contributed by atoms with Crippen LogP contribution in [0.15, 0.2) is 53.7 Å². The maximum Gasteiger partial charge on any atom is 0.319 e. The Labute approximate surface area is 152 Å². The van der Waals surface area contributed by atoms with Gasteiger partial charge in [0, 0.05) is 5.56 Å². The summed E-state index contributed by atoms with van der Waals surface area (Å²) in [7, 11) is 0. The maximum absolute atomic E-state index is 13.9. The van der Waals surface area contributed by atoms with Gasteiger partial charge in [-0.05, 0) is 29.8 Å². The lowest BCUT2D eigenvalue weighted by Gasteiger charge is -2.25. The van der Waals surface area contributed by atoms with Crippen LogP contribution in [0.1, 0.15) is 17.2 Å². The molecule has 0 radical (unpaired) electrons. The Morgan fingerprint density at radius 3 is 2.44 bits per heavy atom. The molecule has 0 aliphatic carbocycles. The molecule has 138 valence electrons. The molecule has 2 aromatic rings. The number of amides is 3. The standard InChI is InChI=1S/C19H14F3N3O2/c20-11-4-1-3-10(7-11)17-16-15(23-19(27)24-17)9-25(18(16)26)8-12-13(21)5-2-6-14(12)22/h1-7,17H,8-9H2,(H2,23,24,27)/t17-/m0/s1. The van der Waals surface area contributed by atoms with Gasteiger partial charge in [-0.3, -0.25) is 4.79 Å². The third kappa shape index (κ3) is 3.03. The number of hydrogen-bond acceptors (Lipinski definition) is 2. The molecule has 1 atom stereocenters. The van der Waals surface area contributed by atoms with Gasteiger partial charge in [0.25, 0.3) is 5.91 Å². The minimum atomic E-state index is -0.840. The molecule has 2 aromatic carbocycles. The number of nitrogens with one attached hydrogen (secondary N) is 2. The summed E-state index contributed by atoms with van der Waals surface area (Å²) in [5, 5.41) is 5.15. The summed E-state index contributed by atoms with van der Waals surface area (Å²) >= 11 is 0. The highest BCUT2D eigenvalue weighted by molar-refractivity contribution is 6.01. The summed E-state index contributed by atoms with van der Waals surface area (Å²) in [6.07, 6.45) is 0. The first-order valence-corrected chi connectivity index (χ1v) is 8.22. The van der Waals surface area contributed by atoms with Crippen molar-refractivity contribution in [3.8, 4) is 0 Å². The van der Waals surface area contributed by atoms with E-state index in [4.69, 9.17) is 0 Å². The van der Waals surface area contributed by atoms with E-state index < -0.39 is 35.4 Å². The van der Waals surface area contributed by atoms with Crippen LogP contribution in [-0.2, 0) is 11.3 Å². The monoisotopic (exact) mass is 373 g/mol. The fourth-order valence-corrected chi connectivity index (χ4v) is 3.37. The second-order valence-corrected chi connectivity index (χ2v) is 6.34. The van der Waals surface area contributed by atoms with Crippen LogP contribution in [0.4, 0.5) is 18.0 Å². The van der Waals surface area contributed by atoms with Crippen molar-refractivity contribution in [2.75, 3.05) is 6.54 Å². The van der Waals surface area contributed by atoms with E-state index in [0.717, 1.165) is 12.1 Å². The van der Waals surface area contributed by atoms with Gasteiger partial charge in [0.05, 0.1) is 30.4 Å². The number of benzene rings is 2. The van der Waals surface area contributed by atoms with Crippen LogP contribution in [0.3, 0.4) is 0 Å². The fraction of sp³-hybridized carbons (Fsp3) is 0.158. The minimum absolute atomic E-state index is 0.00117. The second-order valence-electron chi connectivity index (χ2n) is 6.34. The van der Waals surface area contributed by atoms with E-state index in [1.807, 2.05) is 0 Å². The van der Waals surface area contributed by atoms with Crippen LogP contribution in [0.25, 0.3) is 0 Å². The third-order valence-corrected chi connectivity index (χ3v) is 4.61. The predicted molar refractivity (Wildman–Crippen MR) is 89.6 cm³/mol. The Bertz CT molecular complexity index is 970. The van der Waals surface area contributed by atoms with Gasteiger partial charge in [-0.2, -0.15) is 0 Å². The van der Waals surface area contributed by atoms with E-state index >= 15 is 0 Å². The van der Waals surface area contributed by atoms with Crippen LogP contribution in [-0.4, -0.2) is 23.4 Å². The molecule has 4 rings (SSSR count). The van der Waals surface area contributed by atoms with Gasteiger partial charge in [0.1, 0.15) is 17.5 Å². The van der Waals surface area contributed by atoms with Gasteiger partial charge in [-0.15, -0.1) is 0 Å². The number of carbonyl (C=O) groups is 2. The van der Waals surface area contributed by atoms with Gasteiger partial charge in [0.15, 0.2) is 0 Å². The first kappa shape index (κ1) is 17.1. The summed E-state index contributed by atoms with van der Waals surface area (Å²) in [6.45, 7) is -0.280. The topological polar surface area (TPSA) is 61.4 Å². The van der Waals surface area contributed by atoms with E-state index in [9.17, 15) is 22.8 Å². The molecule has 3 amide bonds. The van der Waals surface area contributed by atoms with E-state index in [0.29, 0.717) is 11.3 Å². The highest BCUT2D eigenvalue weighted by Gasteiger charge is 2.40. The van der Waals surface area contributed by atoms with Crippen LogP contribution < -0.4 is 10.6 Å².